The molecule has 0 bridgehead atoms. The molecule has 7 heteroatoms. The van der Waals surface area contributed by atoms with Crippen LogP contribution in [0.25, 0.3) is 0 Å². The van der Waals surface area contributed by atoms with Crippen LogP contribution in [0.2, 0.25) is 0 Å². The van der Waals surface area contributed by atoms with Crippen molar-refractivity contribution in [3.63, 3.8) is 0 Å². The van der Waals surface area contributed by atoms with E-state index in [9.17, 15) is 22.4 Å². The average molecular weight is 242 g/mol. The topological polar surface area (TPSA) is 29.1 Å². The van der Waals surface area contributed by atoms with Gasteiger partial charge >= 0.3 is 11.5 Å². The van der Waals surface area contributed by atoms with E-state index in [-0.39, 0.29) is 0 Å². The van der Waals surface area contributed by atoms with Gasteiger partial charge in [-0.3, -0.25) is 4.79 Å². The van der Waals surface area contributed by atoms with Gasteiger partial charge in [0, 0.05) is 0 Å². The molecule has 1 aromatic carbocycles. The number of anilines is 1. The van der Waals surface area contributed by atoms with Crippen LogP contribution in [0.4, 0.5) is 28.0 Å². The maximum absolute atomic E-state index is 13.0. The summed E-state index contributed by atoms with van der Waals surface area (Å²) in [6.07, 6.45) is -4.75. The number of amides is 1. The number of rotatable bonds is 1. The van der Waals surface area contributed by atoms with E-state index < -0.39 is 28.6 Å². The van der Waals surface area contributed by atoms with E-state index >= 15 is 0 Å². The fourth-order valence-corrected chi connectivity index (χ4v) is 1.08. The molecule has 82 valence electrons. The van der Waals surface area contributed by atoms with Gasteiger partial charge in [0.25, 0.3) is 0 Å². The smallest absolute Gasteiger partial charge is 0.309 e. The fraction of sp³-hybridized carbons (Fsp3) is 0.125. The van der Waals surface area contributed by atoms with Crippen LogP contribution in [-0.2, 0) is 6.18 Å². The van der Waals surface area contributed by atoms with Crippen LogP contribution in [0.1, 0.15) is 5.56 Å². The Morgan fingerprint density at radius 3 is 2.40 bits per heavy atom. The normalized spacial score (nSPS) is 11.3. The highest BCUT2D eigenvalue weighted by molar-refractivity contribution is 6.65. The molecule has 0 unspecified atom stereocenters. The van der Waals surface area contributed by atoms with Crippen LogP contribution < -0.4 is 5.32 Å². The van der Waals surface area contributed by atoms with E-state index in [1.807, 2.05) is 0 Å². The lowest BCUT2D eigenvalue weighted by molar-refractivity contribution is -0.137. The number of carbonyl (C=O) groups is 1. The molecule has 0 aliphatic rings. The summed E-state index contributed by atoms with van der Waals surface area (Å²) in [6, 6.07) is 2.32. The molecule has 1 N–H and O–H groups in total. The molecule has 0 atom stereocenters. The first-order valence-corrected chi connectivity index (χ1v) is 4.02. The number of halogens is 5. The van der Waals surface area contributed by atoms with E-state index in [0.717, 1.165) is 12.1 Å². The van der Waals surface area contributed by atoms with Gasteiger partial charge in [-0.05, 0) is 23.7 Å². The van der Waals surface area contributed by atoms with E-state index in [4.69, 9.17) is 11.6 Å². The van der Waals surface area contributed by atoms with Gasteiger partial charge in [0.05, 0.1) is 11.3 Å². The molecule has 0 aliphatic carbocycles. The molecular weight excluding hydrogens is 238 g/mol. The summed E-state index contributed by atoms with van der Waals surface area (Å²) in [5.41, 5.74) is -2.25. The number of benzene rings is 1. The Balaban J connectivity index is 3.26. The van der Waals surface area contributed by atoms with E-state index in [1.54, 1.807) is 5.32 Å². The first kappa shape index (κ1) is 11.8. The van der Waals surface area contributed by atoms with E-state index in [0.29, 0.717) is 6.07 Å². The Bertz CT molecular complexity index is 391. The van der Waals surface area contributed by atoms with Crippen LogP contribution in [0.5, 0.6) is 0 Å². The molecule has 0 spiro atoms. The zero-order valence-electron chi connectivity index (χ0n) is 7.03. The number of nitrogens with one attached hydrogen (secondary N) is 1. The van der Waals surface area contributed by atoms with E-state index in [1.165, 1.54) is 0 Å². The van der Waals surface area contributed by atoms with Gasteiger partial charge in [-0.15, -0.1) is 0 Å². The van der Waals surface area contributed by atoms with Crippen molar-refractivity contribution in [3.8, 4) is 0 Å². The molecule has 1 aromatic rings. The van der Waals surface area contributed by atoms with Crippen molar-refractivity contribution in [1.82, 2.24) is 0 Å². The third-order valence-corrected chi connectivity index (χ3v) is 1.64. The highest BCUT2D eigenvalue weighted by atomic mass is 35.5. The van der Waals surface area contributed by atoms with Gasteiger partial charge in [-0.1, -0.05) is 6.07 Å². The first-order valence-electron chi connectivity index (χ1n) is 3.64. The monoisotopic (exact) mass is 241 g/mol. The lowest BCUT2D eigenvalue weighted by Gasteiger charge is -2.12. The third kappa shape index (κ3) is 2.82. The molecule has 1 rings (SSSR count). The Kier molecular flexibility index (Phi) is 3.18. The molecule has 15 heavy (non-hydrogen) atoms. The van der Waals surface area contributed by atoms with Crippen molar-refractivity contribution in [1.29, 1.82) is 0 Å². The van der Waals surface area contributed by atoms with Crippen molar-refractivity contribution in [2.24, 2.45) is 0 Å². The molecule has 0 fully saturated rings. The molecule has 0 heterocycles. The van der Waals surface area contributed by atoms with Crippen LogP contribution in [0, 0.1) is 5.82 Å². The van der Waals surface area contributed by atoms with Gasteiger partial charge in [0.2, 0.25) is 0 Å². The van der Waals surface area contributed by atoms with Crippen molar-refractivity contribution < 1.29 is 22.4 Å². The van der Waals surface area contributed by atoms with Crippen molar-refractivity contribution in [2.75, 3.05) is 5.32 Å². The minimum Gasteiger partial charge on any atom is -0.309 e. The van der Waals surface area contributed by atoms with Crippen LogP contribution >= 0.6 is 11.6 Å². The lowest BCUT2D eigenvalue weighted by atomic mass is 10.1. The Morgan fingerprint density at radius 2 is 1.93 bits per heavy atom. The van der Waals surface area contributed by atoms with Crippen LogP contribution in [0.15, 0.2) is 18.2 Å². The minimum atomic E-state index is -4.75. The second-order valence-corrected chi connectivity index (χ2v) is 2.90. The number of hydrogen-bond donors (Lipinski definition) is 1. The number of para-hydroxylation sites is 1. The third-order valence-electron chi connectivity index (χ3n) is 1.54. The van der Waals surface area contributed by atoms with Gasteiger partial charge in [0.15, 0.2) is 0 Å². The maximum atomic E-state index is 13.0. The number of alkyl halides is 3. The summed E-state index contributed by atoms with van der Waals surface area (Å²) in [5, 5.41) is 0.293. The lowest BCUT2D eigenvalue weighted by Crippen LogP contribution is -2.13. The molecule has 1 amide bonds. The molecule has 2 nitrogen and oxygen atoms in total. The van der Waals surface area contributed by atoms with Gasteiger partial charge in [-0.2, -0.15) is 13.2 Å². The first-order chi connectivity index (χ1) is 6.82. The SMILES string of the molecule is O=C(Cl)Nc1c(F)cccc1C(F)(F)F. The summed E-state index contributed by atoms with van der Waals surface area (Å²) in [4.78, 5) is 10.4. The fourth-order valence-electron chi connectivity index (χ4n) is 0.986. The minimum absolute atomic E-state index is 0.644. The predicted molar refractivity (Wildman–Crippen MR) is 46.3 cm³/mol. The second-order valence-electron chi connectivity index (χ2n) is 2.56. The molecular formula is C8H4ClF4NO. The maximum Gasteiger partial charge on any atom is 0.418 e. The Hall–Kier alpha value is -1.30. The van der Waals surface area contributed by atoms with Crippen molar-refractivity contribution in [3.05, 3.63) is 29.6 Å². The quantitative estimate of drug-likeness (QED) is 0.454. The largest absolute Gasteiger partial charge is 0.418 e. The zero-order chi connectivity index (χ0) is 11.6. The molecule has 0 aliphatic heterocycles. The molecule has 0 radical (unpaired) electrons. The number of carbonyl (C=O) groups excluding carboxylic acids is 1. The molecule has 0 saturated heterocycles. The number of hydrogen-bond acceptors (Lipinski definition) is 1. The van der Waals surface area contributed by atoms with Gasteiger partial charge in [0.1, 0.15) is 5.82 Å². The van der Waals surface area contributed by atoms with Gasteiger partial charge in [-0.25, -0.2) is 4.39 Å². The summed E-state index contributed by atoms with van der Waals surface area (Å²) >= 11 is 4.82. The average Bonchev–Trinajstić information content (AvgIpc) is 2.05. The van der Waals surface area contributed by atoms with Crippen molar-refractivity contribution in [2.45, 2.75) is 6.18 Å². The molecule has 0 aromatic heterocycles. The summed E-state index contributed by atoms with van der Waals surface area (Å²) in [7, 11) is 0. The van der Waals surface area contributed by atoms with Crippen molar-refractivity contribution >= 4 is 22.7 Å². The van der Waals surface area contributed by atoms with E-state index in [2.05, 4.69) is 0 Å². The Labute approximate surface area is 86.8 Å². The van der Waals surface area contributed by atoms with Crippen LogP contribution in [-0.4, -0.2) is 5.37 Å². The standard InChI is InChI=1S/C8H4ClF4NO/c9-7(15)14-6-4(8(11,12)13)2-1-3-5(6)10/h1-3H,(H,14,15). The van der Waals surface area contributed by atoms with Crippen LogP contribution in [0.3, 0.4) is 0 Å². The summed E-state index contributed by atoms with van der Waals surface area (Å²) in [6.45, 7) is 0. The predicted octanol–water partition coefficient (Wildman–Crippen LogP) is 3.62. The highest BCUT2D eigenvalue weighted by Gasteiger charge is 2.35. The Morgan fingerprint density at radius 1 is 1.33 bits per heavy atom. The zero-order valence-corrected chi connectivity index (χ0v) is 7.79. The highest BCUT2D eigenvalue weighted by Crippen LogP contribution is 2.36. The summed E-state index contributed by atoms with van der Waals surface area (Å²) in [5.74, 6) is -1.20. The second kappa shape index (κ2) is 4.06. The molecule has 0 saturated carbocycles. The summed E-state index contributed by atoms with van der Waals surface area (Å²) < 4.78 is 49.9. The van der Waals surface area contributed by atoms with Gasteiger partial charge < -0.3 is 5.32 Å².